The van der Waals surface area contributed by atoms with Gasteiger partial charge < -0.3 is 4.74 Å². The highest BCUT2D eigenvalue weighted by Crippen LogP contribution is 2.26. The summed E-state index contributed by atoms with van der Waals surface area (Å²) in [6.45, 7) is 1.92. The molecule has 0 aliphatic heterocycles. The van der Waals surface area contributed by atoms with Gasteiger partial charge in [-0.2, -0.15) is 0 Å². The molecule has 0 amide bonds. The molecule has 0 fully saturated rings. The summed E-state index contributed by atoms with van der Waals surface area (Å²) in [4.78, 5) is 34.5. The van der Waals surface area contributed by atoms with E-state index in [9.17, 15) is 9.59 Å². The maximum Gasteiger partial charge on any atom is 0.339 e. The number of aryl methyl sites for hydroxylation is 1. The van der Waals surface area contributed by atoms with Crippen molar-refractivity contribution in [1.29, 1.82) is 0 Å². The maximum absolute atomic E-state index is 13.1. The summed E-state index contributed by atoms with van der Waals surface area (Å²) in [5.41, 5.74) is 4.56. The Morgan fingerprint density at radius 3 is 2.56 bits per heavy atom. The lowest BCUT2D eigenvalue weighted by atomic mass is 10.0. The predicted molar refractivity (Wildman–Crippen MR) is 122 cm³/mol. The number of esters is 1. The van der Waals surface area contributed by atoms with Crippen LogP contribution in [0, 0.1) is 6.92 Å². The summed E-state index contributed by atoms with van der Waals surface area (Å²) in [6.07, 6.45) is 1.65. The van der Waals surface area contributed by atoms with Gasteiger partial charge in [0.1, 0.15) is 12.3 Å². The Morgan fingerprint density at radius 1 is 0.938 bits per heavy atom. The van der Waals surface area contributed by atoms with Gasteiger partial charge in [0, 0.05) is 23.2 Å². The summed E-state index contributed by atoms with van der Waals surface area (Å²) in [6, 6.07) is 23.9. The van der Waals surface area contributed by atoms with Crippen molar-refractivity contribution in [2.75, 3.05) is 0 Å². The molecule has 0 unspecified atom stereocenters. The van der Waals surface area contributed by atoms with Crippen LogP contribution in [0.2, 0.25) is 0 Å². The van der Waals surface area contributed by atoms with Crippen molar-refractivity contribution in [3.05, 3.63) is 112 Å². The number of aromatic nitrogens is 3. The van der Waals surface area contributed by atoms with E-state index in [-0.39, 0.29) is 12.2 Å². The molecule has 0 aliphatic carbocycles. The number of pyridine rings is 2. The van der Waals surface area contributed by atoms with E-state index < -0.39 is 5.97 Å². The zero-order valence-electron chi connectivity index (χ0n) is 17.4. The smallest absolute Gasteiger partial charge is 0.339 e. The molecule has 156 valence electrons. The summed E-state index contributed by atoms with van der Waals surface area (Å²) in [5, 5.41) is 0.708. The largest absolute Gasteiger partial charge is 0.456 e. The second-order valence-corrected chi connectivity index (χ2v) is 7.53. The number of fused-ring (bicyclic) bond motifs is 2. The molecule has 2 aromatic carbocycles. The van der Waals surface area contributed by atoms with Gasteiger partial charge in [0.05, 0.1) is 22.5 Å². The number of nitrogens with zero attached hydrogens (tertiary/aromatic N) is 3. The molecule has 0 aliphatic rings. The topological polar surface area (TPSA) is 73.6 Å². The quantitative estimate of drug-likeness (QED) is 0.397. The number of hydrogen-bond acceptors (Lipinski definition) is 5. The summed E-state index contributed by atoms with van der Waals surface area (Å²) >= 11 is 0. The number of carbonyl (C=O) groups excluding carboxylic acids is 1. The molecule has 5 rings (SSSR count). The van der Waals surface area contributed by atoms with E-state index in [0.717, 1.165) is 11.1 Å². The zero-order valence-corrected chi connectivity index (χ0v) is 17.4. The molecule has 0 radical (unpaired) electrons. The average molecular weight is 421 g/mol. The summed E-state index contributed by atoms with van der Waals surface area (Å²) in [5.74, 6) is -0.493. The Hall–Kier alpha value is -4.32. The van der Waals surface area contributed by atoms with Gasteiger partial charge in [-0.1, -0.05) is 54.1 Å². The molecular formula is C26H19N3O3. The predicted octanol–water partition coefficient (Wildman–Crippen LogP) is 4.58. The number of hydrogen-bond donors (Lipinski definition) is 0. The van der Waals surface area contributed by atoms with Crippen LogP contribution in [-0.2, 0) is 11.3 Å². The van der Waals surface area contributed by atoms with Crippen LogP contribution in [0.25, 0.3) is 27.8 Å². The van der Waals surface area contributed by atoms with Crippen LogP contribution in [-0.4, -0.2) is 20.3 Å². The molecule has 3 aromatic heterocycles. The third-order valence-electron chi connectivity index (χ3n) is 5.26. The van der Waals surface area contributed by atoms with Crippen molar-refractivity contribution < 1.29 is 9.53 Å². The van der Waals surface area contributed by atoms with Crippen LogP contribution in [0.4, 0.5) is 0 Å². The Bertz CT molecular complexity index is 1520. The van der Waals surface area contributed by atoms with E-state index in [0.29, 0.717) is 33.5 Å². The van der Waals surface area contributed by atoms with Crippen molar-refractivity contribution >= 4 is 22.5 Å². The standard InChI is InChI=1S/C26H19N3O3/c1-17-9-11-18(12-10-17)23-15-21(20-6-2-3-7-22(20)28-23)26(31)32-16-19-14-25(30)29-13-5-4-8-24(29)27-19/h2-15H,16H2,1H3. The van der Waals surface area contributed by atoms with Crippen molar-refractivity contribution in [2.24, 2.45) is 0 Å². The average Bonchev–Trinajstić information content (AvgIpc) is 2.82. The molecule has 0 N–H and O–H groups in total. The fourth-order valence-electron chi connectivity index (χ4n) is 3.61. The van der Waals surface area contributed by atoms with Crippen molar-refractivity contribution in [1.82, 2.24) is 14.4 Å². The summed E-state index contributed by atoms with van der Waals surface area (Å²) < 4.78 is 7.00. The Morgan fingerprint density at radius 2 is 1.72 bits per heavy atom. The third kappa shape index (κ3) is 3.74. The molecule has 5 aromatic rings. The highest BCUT2D eigenvalue weighted by molar-refractivity contribution is 6.04. The van der Waals surface area contributed by atoms with Crippen LogP contribution >= 0.6 is 0 Å². The fourth-order valence-corrected chi connectivity index (χ4v) is 3.61. The Balaban J connectivity index is 1.49. The van der Waals surface area contributed by atoms with E-state index in [1.165, 1.54) is 10.5 Å². The minimum absolute atomic E-state index is 0.101. The van der Waals surface area contributed by atoms with Crippen LogP contribution in [0.5, 0.6) is 0 Å². The molecule has 0 saturated heterocycles. The molecular weight excluding hydrogens is 402 g/mol. The van der Waals surface area contributed by atoms with Crippen LogP contribution in [0.15, 0.2) is 89.9 Å². The molecule has 0 saturated carbocycles. The van der Waals surface area contributed by atoms with Gasteiger partial charge in [0.25, 0.3) is 5.56 Å². The van der Waals surface area contributed by atoms with Gasteiger partial charge in [0.15, 0.2) is 0 Å². The van der Waals surface area contributed by atoms with E-state index in [1.54, 1.807) is 30.5 Å². The molecule has 0 spiro atoms. The number of para-hydroxylation sites is 1. The second kappa shape index (κ2) is 8.07. The first-order valence-corrected chi connectivity index (χ1v) is 10.2. The van der Waals surface area contributed by atoms with E-state index >= 15 is 0 Å². The first kappa shape index (κ1) is 19.6. The van der Waals surface area contributed by atoms with Gasteiger partial charge in [-0.25, -0.2) is 14.8 Å². The lowest BCUT2D eigenvalue weighted by molar-refractivity contribution is 0.0470. The normalized spacial score (nSPS) is 11.0. The molecule has 32 heavy (non-hydrogen) atoms. The Kier molecular flexibility index (Phi) is 4.95. The first-order valence-electron chi connectivity index (χ1n) is 10.2. The van der Waals surface area contributed by atoms with Gasteiger partial charge in [0.2, 0.25) is 0 Å². The highest BCUT2D eigenvalue weighted by atomic mass is 16.5. The summed E-state index contributed by atoms with van der Waals surface area (Å²) in [7, 11) is 0. The van der Waals surface area contributed by atoms with Crippen LogP contribution < -0.4 is 5.56 Å². The van der Waals surface area contributed by atoms with Gasteiger partial charge in [-0.15, -0.1) is 0 Å². The van der Waals surface area contributed by atoms with Crippen molar-refractivity contribution in [3.63, 3.8) is 0 Å². The lowest BCUT2D eigenvalue weighted by Gasteiger charge is -2.10. The van der Waals surface area contributed by atoms with Crippen molar-refractivity contribution in [2.45, 2.75) is 13.5 Å². The Labute approximate surface area is 183 Å². The van der Waals surface area contributed by atoms with Crippen LogP contribution in [0.1, 0.15) is 21.6 Å². The SMILES string of the molecule is Cc1ccc(-c2cc(C(=O)OCc3cc(=O)n4ccccc4n3)c3ccccc3n2)cc1. The second-order valence-electron chi connectivity index (χ2n) is 7.53. The molecule has 0 bridgehead atoms. The number of carbonyl (C=O) groups is 1. The van der Waals surface area contributed by atoms with E-state index in [2.05, 4.69) is 4.98 Å². The van der Waals surface area contributed by atoms with Crippen LogP contribution in [0.3, 0.4) is 0 Å². The highest BCUT2D eigenvalue weighted by Gasteiger charge is 2.16. The van der Waals surface area contributed by atoms with E-state index in [1.807, 2.05) is 55.5 Å². The van der Waals surface area contributed by atoms with Gasteiger partial charge in [-0.3, -0.25) is 9.20 Å². The van der Waals surface area contributed by atoms with Gasteiger partial charge in [-0.05, 0) is 31.2 Å². The van der Waals surface area contributed by atoms with Crippen molar-refractivity contribution in [3.8, 4) is 11.3 Å². The first-order chi connectivity index (χ1) is 15.6. The molecule has 0 atom stereocenters. The number of ether oxygens (including phenoxy) is 1. The minimum Gasteiger partial charge on any atom is -0.456 e. The molecule has 6 heteroatoms. The van der Waals surface area contributed by atoms with E-state index in [4.69, 9.17) is 9.72 Å². The number of benzene rings is 2. The maximum atomic E-state index is 13.1. The molecule has 3 heterocycles. The monoisotopic (exact) mass is 421 g/mol. The third-order valence-corrected chi connectivity index (χ3v) is 5.26. The zero-order chi connectivity index (χ0) is 22.1. The lowest BCUT2D eigenvalue weighted by Crippen LogP contribution is -2.16. The minimum atomic E-state index is -0.493. The van der Waals surface area contributed by atoms with Gasteiger partial charge >= 0.3 is 5.97 Å². The number of rotatable bonds is 4. The molecule has 6 nitrogen and oxygen atoms in total. The fraction of sp³-hybridized carbons (Fsp3) is 0.0769.